The number of aromatic nitrogens is 1. The van der Waals surface area contributed by atoms with Crippen LogP contribution >= 0.6 is 0 Å². The van der Waals surface area contributed by atoms with Crippen LogP contribution in [0.3, 0.4) is 0 Å². The number of amides is 1. The number of furan rings is 1. The van der Waals surface area contributed by atoms with E-state index in [1.807, 2.05) is 24.3 Å². The molecule has 0 spiro atoms. The highest BCUT2D eigenvalue weighted by molar-refractivity contribution is 6.01. The highest BCUT2D eigenvalue weighted by atomic mass is 16.7. The molecular formula is C18H15N3O4. The van der Waals surface area contributed by atoms with Crippen molar-refractivity contribution in [1.82, 2.24) is 4.98 Å². The van der Waals surface area contributed by atoms with E-state index < -0.39 is 0 Å². The van der Waals surface area contributed by atoms with E-state index in [1.165, 1.54) is 6.26 Å². The first kappa shape index (κ1) is 15.1. The van der Waals surface area contributed by atoms with E-state index in [2.05, 4.69) is 15.6 Å². The number of anilines is 2. The molecule has 1 aromatic carbocycles. The molecule has 1 amide bonds. The Morgan fingerprint density at radius 3 is 2.84 bits per heavy atom. The Kier molecular flexibility index (Phi) is 3.96. The Bertz CT molecular complexity index is 876. The standard InChI is InChI=1S/C18H15N3O4/c22-18(15-2-1-7-23-15)21-17-6-4-13(10-20-17)19-9-12-3-5-14-16(8-12)25-11-24-14/h1-8,10,19H,9,11H2,(H,20,21,22). The van der Waals surface area contributed by atoms with Gasteiger partial charge in [-0.15, -0.1) is 0 Å². The van der Waals surface area contributed by atoms with Crippen molar-refractivity contribution in [1.29, 1.82) is 0 Å². The first-order valence-electron chi connectivity index (χ1n) is 7.71. The maximum atomic E-state index is 11.9. The SMILES string of the molecule is O=C(Nc1ccc(NCc2ccc3c(c2)OCO3)cn1)c1ccco1. The summed E-state index contributed by atoms with van der Waals surface area (Å²) in [5.74, 6) is 1.89. The second kappa shape index (κ2) is 6.56. The Labute approximate surface area is 143 Å². The average molecular weight is 337 g/mol. The molecule has 0 radical (unpaired) electrons. The van der Waals surface area contributed by atoms with Gasteiger partial charge in [0.15, 0.2) is 17.3 Å². The number of fused-ring (bicyclic) bond motifs is 1. The molecule has 0 saturated carbocycles. The molecule has 25 heavy (non-hydrogen) atoms. The monoisotopic (exact) mass is 337 g/mol. The maximum absolute atomic E-state index is 11.9. The van der Waals surface area contributed by atoms with E-state index in [4.69, 9.17) is 13.9 Å². The molecule has 2 aromatic heterocycles. The summed E-state index contributed by atoms with van der Waals surface area (Å²) < 4.78 is 15.7. The number of hydrogen-bond donors (Lipinski definition) is 2. The fourth-order valence-electron chi connectivity index (χ4n) is 2.41. The molecule has 0 bridgehead atoms. The summed E-state index contributed by atoms with van der Waals surface area (Å²) in [4.78, 5) is 16.1. The molecule has 126 valence electrons. The Morgan fingerprint density at radius 1 is 1.12 bits per heavy atom. The molecule has 1 aliphatic heterocycles. The molecule has 1 aliphatic rings. The minimum Gasteiger partial charge on any atom is -0.459 e. The molecular weight excluding hydrogens is 322 g/mol. The minimum absolute atomic E-state index is 0.242. The first-order chi connectivity index (χ1) is 12.3. The van der Waals surface area contributed by atoms with Gasteiger partial charge in [-0.25, -0.2) is 4.98 Å². The number of carbonyl (C=O) groups is 1. The summed E-state index contributed by atoms with van der Waals surface area (Å²) >= 11 is 0. The van der Waals surface area contributed by atoms with E-state index in [1.54, 1.807) is 24.4 Å². The lowest BCUT2D eigenvalue weighted by Crippen LogP contribution is -2.12. The summed E-state index contributed by atoms with van der Waals surface area (Å²) in [7, 11) is 0. The predicted molar refractivity (Wildman–Crippen MR) is 90.8 cm³/mol. The van der Waals surface area contributed by atoms with Crippen molar-refractivity contribution in [2.75, 3.05) is 17.4 Å². The summed E-state index contributed by atoms with van der Waals surface area (Å²) in [5.41, 5.74) is 1.91. The fraction of sp³-hybridized carbons (Fsp3) is 0.111. The zero-order valence-corrected chi connectivity index (χ0v) is 13.2. The van der Waals surface area contributed by atoms with E-state index >= 15 is 0 Å². The lowest BCUT2D eigenvalue weighted by atomic mass is 10.2. The van der Waals surface area contributed by atoms with Gasteiger partial charge >= 0.3 is 0 Å². The van der Waals surface area contributed by atoms with Gasteiger partial charge in [-0.3, -0.25) is 4.79 Å². The first-order valence-corrected chi connectivity index (χ1v) is 7.71. The van der Waals surface area contributed by atoms with Crippen LogP contribution in [0.5, 0.6) is 11.5 Å². The molecule has 0 fully saturated rings. The van der Waals surface area contributed by atoms with Gasteiger partial charge in [0.25, 0.3) is 5.91 Å². The number of pyridine rings is 1. The Balaban J connectivity index is 1.35. The van der Waals surface area contributed by atoms with Crippen molar-refractivity contribution in [3.05, 3.63) is 66.2 Å². The van der Waals surface area contributed by atoms with E-state index in [0.29, 0.717) is 12.4 Å². The van der Waals surface area contributed by atoms with Gasteiger partial charge in [0, 0.05) is 6.54 Å². The highest BCUT2D eigenvalue weighted by Crippen LogP contribution is 2.32. The van der Waals surface area contributed by atoms with Gasteiger partial charge in [-0.1, -0.05) is 6.07 Å². The molecule has 0 aliphatic carbocycles. The fourth-order valence-corrected chi connectivity index (χ4v) is 2.41. The van der Waals surface area contributed by atoms with Gasteiger partial charge in [-0.2, -0.15) is 0 Å². The third kappa shape index (κ3) is 3.40. The van der Waals surface area contributed by atoms with Gasteiger partial charge in [-0.05, 0) is 42.0 Å². The van der Waals surface area contributed by atoms with Crippen molar-refractivity contribution >= 4 is 17.4 Å². The van der Waals surface area contributed by atoms with Crippen LogP contribution in [0.2, 0.25) is 0 Å². The maximum Gasteiger partial charge on any atom is 0.292 e. The number of nitrogens with zero attached hydrogens (tertiary/aromatic N) is 1. The van der Waals surface area contributed by atoms with Crippen LogP contribution in [0.15, 0.2) is 59.3 Å². The average Bonchev–Trinajstić information content (AvgIpc) is 3.32. The van der Waals surface area contributed by atoms with Crippen LogP contribution in [0, 0.1) is 0 Å². The molecule has 4 rings (SSSR count). The number of nitrogens with one attached hydrogen (secondary N) is 2. The molecule has 3 heterocycles. The van der Waals surface area contributed by atoms with Crippen LogP contribution in [0.1, 0.15) is 16.1 Å². The van der Waals surface area contributed by atoms with Crippen molar-refractivity contribution in [2.45, 2.75) is 6.54 Å². The number of ether oxygens (including phenoxy) is 2. The second-order valence-electron chi connectivity index (χ2n) is 5.40. The van der Waals surface area contributed by atoms with Gasteiger partial charge < -0.3 is 24.5 Å². The van der Waals surface area contributed by atoms with Gasteiger partial charge in [0.05, 0.1) is 18.1 Å². The molecule has 0 unspecified atom stereocenters. The van der Waals surface area contributed by atoms with E-state index in [9.17, 15) is 4.79 Å². The van der Waals surface area contributed by atoms with Gasteiger partial charge in [0.1, 0.15) is 5.82 Å². The normalized spacial score (nSPS) is 12.0. The van der Waals surface area contributed by atoms with E-state index in [0.717, 1.165) is 22.7 Å². The predicted octanol–water partition coefficient (Wildman–Crippen LogP) is 3.27. The summed E-state index contributed by atoms with van der Waals surface area (Å²) in [6.07, 6.45) is 3.11. The second-order valence-corrected chi connectivity index (χ2v) is 5.40. The summed E-state index contributed by atoms with van der Waals surface area (Å²) in [5, 5.41) is 5.94. The van der Waals surface area contributed by atoms with Crippen LogP contribution in [-0.2, 0) is 6.54 Å². The van der Waals surface area contributed by atoms with Crippen molar-refractivity contribution < 1.29 is 18.7 Å². The quantitative estimate of drug-likeness (QED) is 0.743. The van der Waals surface area contributed by atoms with Crippen LogP contribution in [0.25, 0.3) is 0 Å². The minimum atomic E-state index is -0.335. The summed E-state index contributed by atoms with van der Waals surface area (Å²) in [6.45, 7) is 0.887. The summed E-state index contributed by atoms with van der Waals surface area (Å²) in [6, 6.07) is 12.6. The topological polar surface area (TPSA) is 85.6 Å². The van der Waals surface area contributed by atoms with Crippen LogP contribution in [-0.4, -0.2) is 17.7 Å². The molecule has 7 heteroatoms. The molecule has 7 nitrogen and oxygen atoms in total. The van der Waals surface area contributed by atoms with Crippen LogP contribution < -0.4 is 20.1 Å². The van der Waals surface area contributed by atoms with Crippen molar-refractivity contribution in [3.63, 3.8) is 0 Å². The van der Waals surface area contributed by atoms with E-state index in [-0.39, 0.29) is 18.5 Å². The third-order valence-electron chi connectivity index (χ3n) is 3.68. The number of benzene rings is 1. The largest absolute Gasteiger partial charge is 0.459 e. The zero-order chi connectivity index (χ0) is 17.1. The zero-order valence-electron chi connectivity index (χ0n) is 13.2. The number of hydrogen-bond acceptors (Lipinski definition) is 6. The molecule has 2 N–H and O–H groups in total. The lowest BCUT2D eigenvalue weighted by Gasteiger charge is -2.08. The Hall–Kier alpha value is -3.48. The molecule has 0 atom stereocenters. The third-order valence-corrected chi connectivity index (χ3v) is 3.68. The Morgan fingerprint density at radius 2 is 2.04 bits per heavy atom. The van der Waals surface area contributed by atoms with Gasteiger partial charge in [0.2, 0.25) is 6.79 Å². The van der Waals surface area contributed by atoms with Crippen molar-refractivity contribution in [3.8, 4) is 11.5 Å². The molecule has 0 saturated heterocycles. The smallest absolute Gasteiger partial charge is 0.292 e. The van der Waals surface area contributed by atoms with Crippen molar-refractivity contribution in [2.24, 2.45) is 0 Å². The highest BCUT2D eigenvalue weighted by Gasteiger charge is 2.13. The molecule has 3 aromatic rings. The van der Waals surface area contributed by atoms with Crippen LogP contribution in [0.4, 0.5) is 11.5 Å². The number of carbonyl (C=O) groups excluding carboxylic acids is 1. The lowest BCUT2D eigenvalue weighted by molar-refractivity contribution is 0.0996. The number of rotatable bonds is 5.